The summed E-state index contributed by atoms with van der Waals surface area (Å²) in [5, 5.41) is 5.16. The van der Waals surface area contributed by atoms with E-state index in [4.69, 9.17) is 16.7 Å². The molecule has 2 unspecified atom stereocenters. The van der Waals surface area contributed by atoms with Crippen molar-refractivity contribution in [1.29, 1.82) is 0 Å². The molecule has 3 heteroatoms. The van der Waals surface area contributed by atoms with E-state index in [0.29, 0.717) is 11.4 Å². The van der Waals surface area contributed by atoms with Crippen molar-refractivity contribution >= 4 is 11.6 Å². The van der Waals surface area contributed by atoms with Crippen LogP contribution in [0.15, 0.2) is 12.3 Å². The second kappa shape index (κ2) is 7.33. The summed E-state index contributed by atoms with van der Waals surface area (Å²) in [6, 6.07) is 2.76. The number of hydrogen-bond acceptors (Lipinski definition) is 1. The molecule has 1 aliphatic rings. The van der Waals surface area contributed by atoms with Crippen LogP contribution in [0.4, 0.5) is 0 Å². The van der Waals surface area contributed by atoms with E-state index < -0.39 is 0 Å². The largest absolute Gasteiger partial charge is 0.269 e. The summed E-state index contributed by atoms with van der Waals surface area (Å²) < 4.78 is 2.16. The lowest BCUT2D eigenvalue weighted by Gasteiger charge is -2.15. The summed E-state index contributed by atoms with van der Waals surface area (Å²) in [6.45, 7) is 4.47. The van der Waals surface area contributed by atoms with Gasteiger partial charge in [-0.15, -0.1) is 11.6 Å². The van der Waals surface area contributed by atoms with Crippen molar-refractivity contribution in [1.82, 2.24) is 9.78 Å². The van der Waals surface area contributed by atoms with E-state index >= 15 is 0 Å². The Balaban J connectivity index is 1.95. The molecule has 0 amide bonds. The molecule has 1 aliphatic carbocycles. The molecule has 1 fully saturated rings. The predicted molar refractivity (Wildman–Crippen MR) is 81.8 cm³/mol. The summed E-state index contributed by atoms with van der Waals surface area (Å²) in [6.07, 6.45) is 11.9. The summed E-state index contributed by atoms with van der Waals surface area (Å²) in [5.41, 5.74) is 1.25. The molecule has 2 atom stereocenters. The third-order valence-electron chi connectivity index (χ3n) is 4.45. The van der Waals surface area contributed by atoms with Crippen molar-refractivity contribution in [2.75, 3.05) is 0 Å². The van der Waals surface area contributed by atoms with Gasteiger partial charge in [-0.25, -0.2) is 0 Å². The van der Waals surface area contributed by atoms with Crippen LogP contribution in [0.1, 0.15) is 70.5 Å². The fourth-order valence-corrected chi connectivity index (χ4v) is 3.64. The monoisotopic (exact) mass is 282 g/mol. The normalized spacial score (nSPS) is 24.6. The molecule has 0 aliphatic heterocycles. The van der Waals surface area contributed by atoms with E-state index in [1.54, 1.807) is 0 Å². The van der Waals surface area contributed by atoms with Gasteiger partial charge in [-0.05, 0) is 44.1 Å². The van der Waals surface area contributed by atoms with Crippen LogP contribution < -0.4 is 0 Å². The van der Waals surface area contributed by atoms with Gasteiger partial charge >= 0.3 is 0 Å². The molecule has 0 radical (unpaired) electrons. The Morgan fingerprint density at radius 3 is 2.79 bits per heavy atom. The fourth-order valence-electron chi connectivity index (χ4n) is 3.23. The summed E-state index contributed by atoms with van der Waals surface area (Å²) in [7, 11) is 0. The molecule has 2 rings (SSSR count). The zero-order valence-electron chi connectivity index (χ0n) is 12.3. The molecule has 1 saturated carbocycles. The van der Waals surface area contributed by atoms with Gasteiger partial charge in [0.05, 0.1) is 11.7 Å². The number of halogens is 1. The quantitative estimate of drug-likeness (QED) is 0.550. The maximum absolute atomic E-state index is 6.36. The minimum Gasteiger partial charge on any atom is -0.269 e. The van der Waals surface area contributed by atoms with E-state index in [1.165, 1.54) is 37.8 Å². The molecule has 19 heavy (non-hydrogen) atoms. The smallest absolute Gasteiger partial charge is 0.0627 e. The molecule has 0 spiro atoms. The van der Waals surface area contributed by atoms with Crippen LogP contribution in [0.25, 0.3) is 0 Å². The van der Waals surface area contributed by atoms with E-state index in [9.17, 15) is 0 Å². The second-order valence-corrected chi connectivity index (χ2v) is 6.56. The minimum absolute atomic E-state index is 0.383. The van der Waals surface area contributed by atoms with Gasteiger partial charge in [0.15, 0.2) is 0 Å². The molecule has 1 aromatic heterocycles. The van der Waals surface area contributed by atoms with Gasteiger partial charge in [0, 0.05) is 11.6 Å². The highest BCUT2D eigenvalue weighted by molar-refractivity contribution is 6.20. The topological polar surface area (TPSA) is 17.8 Å². The summed E-state index contributed by atoms with van der Waals surface area (Å²) in [4.78, 5) is 0. The lowest BCUT2D eigenvalue weighted by molar-refractivity contribution is 0.414. The van der Waals surface area contributed by atoms with Crippen molar-refractivity contribution in [3.63, 3.8) is 0 Å². The predicted octanol–water partition coefficient (Wildman–Crippen LogP) is 4.97. The molecular formula is C16H27ClN2. The van der Waals surface area contributed by atoms with Crippen LogP contribution in [-0.4, -0.2) is 15.2 Å². The van der Waals surface area contributed by atoms with Gasteiger partial charge in [-0.2, -0.15) is 5.10 Å². The number of aromatic nitrogens is 2. The summed E-state index contributed by atoms with van der Waals surface area (Å²) in [5.74, 6) is 0.732. The molecule has 0 saturated heterocycles. The Labute approximate surface area is 122 Å². The Morgan fingerprint density at radius 2 is 2.05 bits per heavy atom. The standard InChI is InChI=1S/C16H27ClN2/c1-3-16(4-2)19-10-9-15(18-19)12-13-7-5-6-8-14(17)11-13/h9-10,13-14,16H,3-8,11-12H2,1-2H3. The van der Waals surface area contributed by atoms with E-state index in [-0.39, 0.29) is 0 Å². The maximum atomic E-state index is 6.36. The first kappa shape index (κ1) is 14.9. The van der Waals surface area contributed by atoms with Gasteiger partial charge in [0.2, 0.25) is 0 Å². The Kier molecular flexibility index (Phi) is 5.75. The zero-order chi connectivity index (χ0) is 13.7. The van der Waals surface area contributed by atoms with E-state index in [0.717, 1.165) is 25.2 Å². The molecule has 1 heterocycles. The van der Waals surface area contributed by atoms with Crippen LogP contribution in [0.3, 0.4) is 0 Å². The average molecular weight is 283 g/mol. The summed E-state index contributed by atoms with van der Waals surface area (Å²) >= 11 is 6.36. The van der Waals surface area contributed by atoms with Gasteiger partial charge in [0.1, 0.15) is 0 Å². The van der Waals surface area contributed by atoms with Crippen molar-refractivity contribution in [2.24, 2.45) is 5.92 Å². The van der Waals surface area contributed by atoms with Crippen LogP contribution in [0, 0.1) is 5.92 Å². The fraction of sp³-hybridized carbons (Fsp3) is 0.812. The Bertz CT molecular complexity index is 371. The molecule has 2 nitrogen and oxygen atoms in total. The molecule has 1 aromatic rings. The molecule has 0 N–H and O–H groups in total. The SMILES string of the molecule is CCC(CC)n1ccc(CC2CCCCC(Cl)C2)n1. The highest BCUT2D eigenvalue weighted by Gasteiger charge is 2.20. The second-order valence-electron chi connectivity index (χ2n) is 5.94. The van der Waals surface area contributed by atoms with Crippen molar-refractivity contribution in [2.45, 2.75) is 76.6 Å². The van der Waals surface area contributed by atoms with Gasteiger partial charge in [-0.1, -0.05) is 33.1 Å². The van der Waals surface area contributed by atoms with Crippen molar-refractivity contribution < 1.29 is 0 Å². The first-order chi connectivity index (χ1) is 9.22. The zero-order valence-corrected chi connectivity index (χ0v) is 13.1. The van der Waals surface area contributed by atoms with Crippen molar-refractivity contribution in [3.05, 3.63) is 18.0 Å². The molecule has 108 valence electrons. The number of alkyl halides is 1. The van der Waals surface area contributed by atoms with Crippen LogP contribution in [0.2, 0.25) is 0 Å². The maximum Gasteiger partial charge on any atom is 0.0627 e. The Hall–Kier alpha value is -0.500. The van der Waals surface area contributed by atoms with Crippen LogP contribution in [0.5, 0.6) is 0 Å². The third-order valence-corrected chi connectivity index (χ3v) is 4.84. The van der Waals surface area contributed by atoms with Crippen LogP contribution >= 0.6 is 11.6 Å². The first-order valence-corrected chi connectivity index (χ1v) is 8.34. The van der Waals surface area contributed by atoms with Gasteiger partial charge in [0.25, 0.3) is 0 Å². The Morgan fingerprint density at radius 1 is 1.32 bits per heavy atom. The molecular weight excluding hydrogens is 256 g/mol. The first-order valence-electron chi connectivity index (χ1n) is 7.91. The van der Waals surface area contributed by atoms with E-state index in [2.05, 4.69) is 30.8 Å². The van der Waals surface area contributed by atoms with E-state index in [1.807, 2.05) is 0 Å². The highest BCUT2D eigenvalue weighted by atomic mass is 35.5. The number of nitrogens with zero attached hydrogens (tertiary/aromatic N) is 2. The third kappa shape index (κ3) is 4.24. The highest BCUT2D eigenvalue weighted by Crippen LogP contribution is 2.29. The number of rotatable bonds is 5. The minimum atomic E-state index is 0.383. The molecule has 0 aromatic carbocycles. The number of hydrogen-bond donors (Lipinski definition) is 0. The lowest BCUT2D eigenvalue weighted by Crippen LogP contribution is -2.11. The van der Waals surface area contributed by atoms with Gasteiger partial charge < -0.3 is 0 Å². The lowest BCUT2D eigenvalue weighted by atomic mass is 9.95. The average Bonchev–Trinajstić information content (AvgIpc) is 2.74. The van der Waals surface area contributed by atoms with Crippen LogP contribution in [-0.2, 0) is 6.42 Å². The van der Waals surface area contributed by atoms with Gasteiger partial charge in [-0.3, -0.25) is 4.68 Å². The molecule has 0 bridgehead atoms. The van der Waals surface area contributed by atoms with Crippen molar-refractivity contribution in [3.8, 4) is 0 Å².